The minimum atomic E-state index is -2.65. The fourth-order valence-corrected chi connectivity index (χ4v) is 2.79. The Morgan fingerprint density at radius 1 is 0.760 bits per heavy atom. The van der Waals surface area contributed by atoms with Crippen molar-refractivity contribution in [1.29, 1.82) is 0 Å². The van der Waals surface area contributed by atoms with Crippen LogP contribution < -0.4 is 9.79 Å². The molecule has 0 bridgehead atoms. The number of hydrogen-bond donors (Lipinski definition) is 0. The van der Waals surface area contributed by atoms with Gasteiger partial charge in [-0.05, 0) is 33.8 Å². The van der Waals surface area contributed by atoms with Crippen molar-refractivity contribution in [2.24, 2.45) is 11.8 Å². The largest absolute Gasteiger partial charge is 2.00 e. The van der Waals surface area contributed by atoms with Crippen molar-refractivity contribution in [3.05, 3.63) is 0 Å². The molecule has 0 rings (SSSR count). The molecule has 4 atom stereocenters. The average molecular weight is 443 g/mol. The zero-order valence-electron chi connectivity index (χ0n) is 15.9. The molecule has 152 valence electrons. The zero-order valence-corrected chi connectivity index (χ0v) is 18.7. The predicted octanol–water partition coefficient (Wildman–Crippen LogP) is 4.47. The maximum absolute atomic E-state index is 10.1. The molecule has 0 saturated carbocycles. The van der Waals surface area contributed by atoms with Gasteiger partial charge in [-0.1, -0.05) is 66.2 Å². The van der Waals surface area contributed by atoms with Crippen LogP contribution in [0.3, 0.4) is 0 Å². The number of unbranched alkanes of at least 4 members (excludes halogenated alkanes) is 2. The van der Waals surface area contributed by atoms with Crippen LogP contribution in [0.5, 0.6) is 0 Å². The number of rotatable bonds is 14. The van der Waals surface area contributed by atoms with Crippen LogP contribution in [0.15, 0.2) is 0 Å². The molecule has 0 aromatic heterocycles. The summed E-state index contributed by atoms with van der Waals surface area (Å²) in [6.45, 7) is 9.08. The van der Waals surface area contributed by atoms with Gasteiger partial charge in [0.25, 0.3) is 0 Å². The molecule has 0 fully saturated rings. The molecule has 0 radical (unpaired) electrons. The van der Waals surface area contributed by atoms with Crippen LogP contribution in [0.25, 0.3) is 0 Å². The van der Waals surface area contributed by atoms with E-state index in [-0.39, 0.29) is 16.5 Å². The van der Waals surface area contributed by atoms with Crippen LogP contribution in [-0.4, -0.2) is 13.2 Å². The van der Waals surface area contributed by atoms with Crippen molar-refractivity contribution in [1.82, 2.24) is 0 Å². The Kier molecular flexibility index (Phi) is 27.3. The van der Waals surface area contributed by atoms with E-state index < -0.39 is 16.5 Å². The molecule has 0 aliphatic carbocycles. The Morgan fingerprint density at radius 3 is 1.28 bits per heavy atom. The van der Waals surface area contributed by atoms with E-state index in [2.05, 4.69) is 36.7 Å². The third-order valence-electron chi connectivity index (χ3n) is 3.92. The van der Waals surface area contributed by atoms with Crippen LogP contribution >= 0.6 is 16.5 Å². The van der Waals surface area contributed by atoms with Gasteiger partial charge >= 0.3 is 33.0 Å². The van der Waals surface area contributed by atoms with Crippen molar-refractivity contribution in [2.75, 3.05) is 13.2 Å². The Balaban J connectivity index is -0.000000372. The molecule has 9 heteroatoms. The first-order valence-corrected chi connectivity index (χ1v) is 11.1. The predicted molar refractivity (Wildman–Crippen MR) is 93.7 cm³/mol. The molecule has 0 aliphatic rings. The molecule has 0 spiro atoms. The maximum Gasteiger partial charge on any atom is 2.00 e. The van der Waals surface area contributed by atoms with Gasteiger partial charge in [0.1, 0.15) is 13.2 Å². The first-order valence-electron chi connectivity index (χ1n) is 8.95. The van der Waals surface area contributed by atoms with Crippen LogP contribution in [0, 0.1) is 11.8 Å². The van der Waals surface area contributed by atoms with E-state index in [1.807, 2.05) is 0 Å². The molecule has 4 unspecified atom stereocenters. The molecule has 0 heterocycles. The van der Waals surface area contributed by atoms with Crippen LogP contribution in [0.1, 0.15) is 79.1 Å². The van der Waals surface area contributed by atoms with Crippen molar-refractivity contribution >= 4 is 16.5 Å². The van der Waals surface area contributed by atoms with Gasteiger partial charge in [-0.3, -0.25) is 0 Å². The molecule has 0 aliphatic heterocycles. The Morgan fingerprint density at radius 2 is 1.08 bits per heavy atom. The van der Waals surface area contributed by atoms with Crippen molar-refractivity contribution in [2.45, 2.75) is 79.1 Å². The molecular formula is C16H34NiO6P2+2. The van der Waals surface area contributed by atoms with Gasteiger partial charge in [0.2, 0.25) is 0 Å². The first-order chi connectivity index (χ1) is 11.4. The van der Waals surface area contributed by atoms with Crippen molar-refractivity contribution < 1.29 is 44.5 Å². The molecular weight excluding hydrogens is 409 g/mol. The quantitative estimate of drug-likeness (QED) is 0.290. The summed E-state index contributed by atoms with van der Waals surface area (Å²) in [5.74, 6) is 0.802. The molecule has 0 aromatic rings. The standard InChI is InChI=1S/2C8H17O3P.Ni/c2*1-3-5-6-8(4-2)7-11-12(9)10;/h2*8H,3-7H2,1-2H3;/q;;+2. The second-order valence-electron chi connectivity index (χ2n) is 5.87. The van der Waals surface area contributed by atoms with E-state index >= 15 is 0 Å². The van der Waals surface area contributed by atoms with E-state index in [9.17, 15) is 18.9 Å². The van der Waals surface area contributed by atoms with E-state index in [0.717, 1.165) is 51.4 Å². The first kappa shape index (κ1) is 30.3. The summed E-state index contributed by atoms with van der Waals surface area (Å²) in [5, 5.41) is 0. The second kappa shape index (κ2) is 22.6. The smallest absolute Gasteiger partial charge is 0.566 e. The molecule has 0 aromatic carbocycles. The Bertz CT molecular complexity index is 291. The van der Waals surface area contributed by atoms with Crippen molar-refractivity contribution in [3.63, 3.8) is 0 Å². The summed E-state index contributed by atoms with van der Waals surface area (Å²) in [6.07, 6.45) is 8.72. The third-order valence-corrected chi connectivity index (χ3v) is 4.64. The van der Waals surface area contributed by atoms with E-state index in [1.165, 1.54) is 0 Å². The average Bonchev–Trinajstić information content (AvgIpc) is 2.55. The van der Waals surface area contributed by atoms with Gasteiger partial charge < -0.3 is 9.79 Å². The van der Waals surface area contributed by atoms with Gasteiger partial charge in [0, 0.05) is 0 Å². The Labute approximate surface area is 165 Å². The van der Waals surface area contributed by atoms with Crippen LogP contribution in [-0.2, 0) is 34.7 Å². The molecule has 0 amide bonds. The normalized spacial score (nSPS) is 13.8. The Hall–Kier alpha value is 0.534. The molecule has 0 N–H and O–H groups in total. The summed E-state index contributed by atoms with van der Waals surface area (Å²) in [6, 6.07) is 0. The summed E-state index contributed by atoms with van der Waals surface area (Å²) in [5.41, 5.74) is 0. The zero-order chi connectivity index (χ0) is 18.8. The minimum Gasteiger partial charge on any atom is -0.566 e. The van der Waals surface area contributed by atoms with Gasteiger partial charge in [-0.15, -0.1) is 9.05 Å². The third kappa shape index (κ3) is 24.5. The van der Waals surface area contributed by atoms with Crippen LogP contribution in [0.2, 0.25) is 0 Å². The van der Waals surface area contributed by atoms with Gasteiger partial charge in [-0.25, -0.2) is 0 Å². The monoisotopic (exact) mass is 442 g/mol. The maximum atomic E-state index is 10.1. The fraction of sp³-hybridized carbons (Fsp3) is 1.00. The van der Waals surface area contributed by atoms with Gasteiger partial charge in [0.15, 0.2) is 0 Å². The summed E-state index contributed by atoms with van der Waals surface area (Å²) in [4.78, 5) is 20.2. The molecule has 6 nitrogen and oxygen atoms in total. The van der Waals surface area contributed by atoms with E-state index in [4.69, 9.17) is 0 Å². The molecule has 0 saturated heterocycles. The van der Waals surface area contributed by atoms with Crippen LogP contribution in [0.4, 0.5) is 0 Å². The topological polar surface area (TPSA) is 98.7 Å². The van der Waals surface area contributed by atoms with Crippen molar-refractivity contribution in [3.8, 4) is 0 Å². The number of hydrogen-bond acceptors (Lipinski definition) is 6. The fourth-order valence-electron chi connectivity index (χ4n) is 2.13. The minimum absolute atomic E-state index is 0. The summed E-state index contributed by atoms with van der Waals surface area (Å²) < 4.78 is 29.3. The van der Waals surface area contributed by atoms with Gasteiger partial charge in [-0.2, -0.15) is 0 Å². The summed E-state index contributed by atoms with van der Waals surface area (Å²) in [7, 11) is -5.31. The SMILES string of the molecule is CCCCC(CC)CO[P+](=O)[O-].CCCCC(CC)CO[P+](=O)[O-].[Ni+2]. The second-order valence-corrected chi connectivity index (χ2v) is 7.28. The molecule has 25 heavy (non-hydrogen) atoms. The summed E-state index contributed by atoms with van der Waals surface area (Å²) >= 11 is 0. The van der Waals surface area contributed by atoms with E-state index in [0.29, 0.717) is 25.0 Å². The van der Waals surface area contributed by atoms with Gasteiger partial charge in [0.05, 0.1) is 0 Å². The van der Waals surface area contributed by atoms with E-state index in [1.54, 1.807) is 0 Å².